The van der Waals surface area contributed by atoms with E-state index in [0.29, 0.717) is 11.1 Å². The summed E-state index contributed by atoms with van der Waals surface area (Å²) in [7, 11) is 0. The van der Waals surface area contributed by atoms with Crippen molar-refractivity contribution in [2.45, 2.75) is 0 Å². The Balaban J connectivity index is 0.000001000. The number of hydrogen-bond acceptors (Lipinski definition) is 2. The molecule has 1 aromatic rings. The van der Waals surface area contributed by atoms with Crippen molar-refractivity contribution in [1.29, 1.82) is 10.5 Å². The Kier molecular flexibility index (Phi) is 3.49. The molecule has 1 aromatic carbocycles. The van der Waals surface area contributed by atoms with Crippen LogP contribution in [-0.2, 0) is 0 Å². The predicted molar refractivity (Wildman–Crippen MR) is 41.6 cm³/mol. The minimum Gasteiger partial charge on any atom is -0.192 e. The molecule has 0 heterocycles. The van der Waals surface area contributed by atoms with Crippen LogP contribution in [0.3, 0.4) is 0 Å². The largest absolute Gasteiger partial charge is 0.192 e. The Morgan fingerprint density at radius 3 is 1.55 bits per heavy atom. The average molecular weight is 139 g/mol. The van der Waals surface area contributed by atoms with Crippen LogP contribution in [0.15, 0.2) is 24.3 Å². The monoisotopic (exact) mass is 139 g/mol. The molecule has 0 aliphatic heterocycles. The van der Waals surface area contributed by atoms with Gasteiger partial charge in [-0.15, -0.1) is 0 Å². The second-order valence-corrected chi connectivity index (χ2v) is 1.77. The van der Waals surface area contributed by atoms with E-state index in [1.165, 1.54) is 0 Å². The fourth-order valence-electron chi connectivity index (χ4n) is 0.678. The molecular formula is C8H4BN2. The summed E-state index contributed by atoms with van der Waals surface area (Å²) in [5.74, 6) is 0. The summed E-state index contributed by atoms with van der Waals surface area (Å²) >= 11 is 0. The minimum atomic E-state index is 0. The van der Waals surface area contributed by atoms with E-state index < -0.39 is 0 Å². The van der Waals surface area contributed by atoms with Gasteiger partial charge in [0.1, 0.15) is 12.1 Å². The van der Waals surface area contributed by atoms with Crippen LogP contribution < -0.4 is 0 Å². The second kappa shape index (κ2) is 4.14. The smallest absolute Gasteiger partial charge is 0.101 e. The molecule has 11 heavy (non-hydrogen) atoms. The summed E-state index contributed by atoms with van der Waals surface area (Å²) in [6.45, 7) is 0. The number of nitriles is 2. The van der Waals surface area contributed by atoms with Crippen molar-refractivity contribution in [2.75, 3.05) is 0 Å². The van der Waals surface area contributed by atoms with Gasteiger partial charge in [-0.2, -0.15) is 10.5 Å². The highest BCUT2D eigenvalue weighted by atomic mass is 14.3. The van der Waals surface area contributed by atoms with Crippen molar-refractivity contribution in [2.24, 2.45) is 0 Å². The van der Waals surface area contributed by atoms with Gasteiger partial charge in [0, 0.05) is 8.41 Å². The summed E-state index contributed by atoms with van der Waals surface area (Å²) < 4.78 is 0. The molecule has 0 spiro atoms. The van der Waals surface area contributed by atoms with Gasteiger partial charge in [0.15, 0.2) is 0 Å². The van der Waals surface area contributed by atoms with Crippen molar-refractivity contribution in [3.05, 3.63) is 35.4 Å². The van der Waals surface area contributed by atoms with Crippen LogP contribution in [0.1, 0.15) is 11.1 Å². The molecular weight excluding hydrogens is 135 g/mol. The summed E-state index contributed by atoms with van der Waals surface area (Å²) in [4.78, 5) is 0. The molecule has 0 saturated heterocycles. The molecule has 1 rings (SSSR count). The van der Waals surface area contributed by atoms with E-state index in [2.05, 4.69) is 0 Å². The van der Waals surface area contributed by atoms with Crippen LogP contribution in [0.2, 0.25) is 0 Å². The van der Waals surface area contributed by atoms with Crippen molar-refractivity contribution in [3.63, 3.8) is 0 Å². The number of benzene rings is 1. The van der Waals surface area contributed by atoms with E-state index in [0.717, 1.165) is 0 Å². The molecule has 0 unspecified atom stereocenters. The van der Waals surface area contributed by atoms with Crippen LogP contribution in [0.5, 0.6) is 0 Å². The third-order valence-corrected chi connectivity index (χ3v) is 1.17. The van der Waals surface area contributed by atoms with Crippen molar-refractivity contribution < 1.29 is 0 Å². The van der Waals surface area contributed by atoms with E-state index >= 15 is 0 Å². The lowest BCUT2D eigenvalue weighted by molar-refractivity contribution is 1.43. The predicted octanol–water partition coefficient (Wildman–Crippen LogP) is 1.05. The molecule has 0 aliphatic rings. The van der Waals surface area contributed by atoms with Gasteiger partial charge in [-0.1, -0.05) is 12.1 Å². The molecule has 49 valence electrons. The zero-order valence-corrected chi connectivity index (χ0v) is 5.78. The SMILES string of the molecule is N#Cc1ccccc1C#N.[B]. The lowest BCUT2D eigenvalue weighted by atomic mass is 10.1. The highest BCUT2D eigenvalue weighted by molar-refractivity contribution is 5.75. The Morgan fingerprint density at radius 2 is 1.27 bits per heavy atom. The minimum absolute atomic E-state index is 0. The zero-order chi connectivity index (χ0) is 7.40. The van der Waals surface area contributed by atoms with Gasteiger partial charge in [-0.25, -0.2) is 0 Å². The first kappa shape index (κ1) is 9.26. The Labute approximate surface area is 67.3 Å². The van der Waals surface area contributed by atoms with Crippen molar-refractivity contribution in [1.82, 2.24) is 0 Å². The van der Waals surface area contributed by atoms with E-state index in [4.69, 9.17) is 10.5 Å². The van der Waals surface area contributed by atoms with Gasteiger partial charge >= 0.3 is 0 Å². The molecule has 0 fully saturated rings. The lowest BCUT2D eigenvalue weighted by Gasteiger charge is -1.88. The van der Waals surface area contributed by atoms with Crippen LogP contribution >= 0.6 is 0 Å². The first-order chi connectivity index (χ1) is 4.88. The summed E-state index contributed by atoms with van der Waals surface area (Å²) in [6.07, 6.45) is 0. The maximum Gasteiger partial charge on any atom is 0.101 e. The molecule has 0 bridgehead atoms. The fraction of sp³-hybridized carbons (Fsp3) is 0. The molecule has 0 atom stereocenters. The number of rotatable bonds is 0. The van der Waals surface area contributed by atoms with E-state index in [9.17, 15) is 0 Å². The first-order valence-corrected chi connectivity index (χ1v) is 2.77. The molecule has 3 radical (unpaired) electrons. The molecule has 3 heteroatoms. The van der Waals surface area contributed by atoms with E-state index in [-0.39, 0.29) is 8.41 Å². The molecule has 0 saturated carbocycles. The van der Waals surface area contributed by atoms with Crippen molar-refractivity contribution in [3.8, 4) is 12.1 Å². The van der Waals surface area contributed by atoms with E-state index in [1.807, 2.05) is 12.1 Å². The topological polar surface area (TPSA) is 47.6 Å². The molecule has 2 nitrogen and oxygen atoms in total. The highest BCUT2D eigenvalue weighted by Crippen LogP contribution is 2.03. The van der Waals surface area contributed by atoms with Gasteiger partial charge in [0.25, 0.3) is 0 Å². The lowest BCUT2D eigenvalue weighted by Crippen LogP contribution is -1.79. The fourth-order valence-corrected chi connectivity index (χ4v) is 0.678. The maximum absolute atomic E-state index is 8.45. The average Bonchev–Trinajstić information content (AvgIpc) is 2.04. The Morgan fingerprint density at radius 1 is 0.909 bits per heavy atom. The van der Waals surface area contributed by atoms with Gasteiger partial charge < -0.3 is 0 Å². The van der Waals surface area contributed by atoms with Gasteiger partial charge in [0.05, 0.1) is 11.1 Å². The van der Waals surface area contributed by atoms with Gasteiger partial charge in [-0.05, 0) is 12.1 Å². The quantitative estimate of drug-likeness (QED) is 0.504. The third kappa shape index (κ3) is 1.84. The highest BCUT2D eigenvalue weighted by Gasteiger charge is 1.95. The van der Waals surface area contributed by atoms with Crippen LogP contribution in [-0.4, -0.2) is 8.41 Å². The van der Waals surface area contributed by atoms with Crippen LogP contribution in [0.25, 0.3) is 0 Å². The van der Waals surface area contributed by atoms with Gasteiger partial charge in [0.2, 0.25) is 0 Å². The summed E-state index contributed by atoms with van der Waals surface area (Å²) in [5, 5.41) is 16.9. The Bertz CT molecular complexity index is 287. The summed E-state index contributed by atoms with van der Waals surface area (Å²) in [5.41, 5.74) is 0.870. The maximum atomic E-state index is 8.45. The van der Waals surface area contributed by atoms with Gasteiger partial charge in [-0.3, -0.25) is 0 Å². The molecule has 0 aliphatic carbocycles. The van der Waals surface area contributed by atoms with E-state index in [1.54, 1.807) is 24.3 Å². The molecule has 0 aromatic heterocycles. The normalized spacial score (nSPS) is 7.09. The number of hydrogen-bond donors (Lipinski definition) is 0. The van der Waals surface area contributed by atoms with Crippen LogP contribution in [0, 0.1) is 22.7 Å². The van der Waals surface area contributed by atoms with Crippen LogP contribution in [0.4, 0.5) is 0 Å². The molecule has 0 amide bonds. The number of nitrogens with zero attached hydrogens (tertiary/aromatic N) is 2. The second-order valence-electron chi connectivity index (χ2n) is 1.77. The third-order valence-electron chi connectivity index (χ3n) is 1.17. The summed E-state index contributed by atoms with van der Waals surface area (Å²) in [6, 6.07) is 10.6. The zero-order valence-electron chi connectivity index (χ0n) is 5.78. The Hall–Kier alpha value is -1.74. The van der Waals surface area contributed by atoms with Crippen molar-refractivity contribution >= 4 is 8.41 Å². The standard InChI is InChI=1S/C8H4N2.B/c9-5-7-3-1-2-4-8(7)6-10;/h1-4H;. The molecule has 0 N–H and O–H groups in total. The first-order valence-electron chi connectivity index (χ1n) is 2.77.